The lowest BCUT2D eigenvalue weighted by Crippen LogP contribution is -1.97. The number of hydrogen-bond donors (Lipinski definition) is 0. The summed E-state index contributed by atoms with van der Waals surface area (Å²) in [6, 6.07) is 4.21. The minimum Gasteiger partial charge on any atom is -0.487 e. The van der Waals surface area contributed by atoms with E-state index in [-0.39, 0.29) is 12.4 Å². The van der Waals surface area contributed by atoms with Gasteiger partial charge in [0.2, 0.25) is 0 Å². The van der Waals surface area contributed by atoms with Gasteiger partial charge in [-0.05, 0) is 17.7 Å². The lowest BCUT2D eigenvalue weighted by Gasteiger charge is -2.06. The number of aromatic nitrogens is 1. The van der Waals surface area contributed by atoms with Gasteiger partial charge in [-0.15, -0.1) is 0 Å². The molecule has 0 N–H and O–H groups in total. The second-order valence-corrected chi connectivity index (χ2v) is 3.41. The predicted molar refractivity (Wildman–Crippen MR) is 54.9 cm³/mol. The third-order valence-corrected chi connectivity index (χ3v) is 2.01. The molecule has 0 bridgehead atoms. The van der Waals surface area contributed by atoms with E-state index >= 15 is 0 Å². The summed E-state index contributed by atoms with van der Waals surface area (Å²) >= 11 is 0. The molecular formula is C12H8F3NO. The Labute approximate surface area is 95.7 Å². The molecule has 2 nitrogen and oxygen atoms in total. The van der Waals surface area contributed by atoms with Gasteiger partial charge in [0.25, 0.3) is 0 Å². The zero-order valence-corrected chi connectivity index (χ0v) is 8.66. The molecule has 0 aliphatic heterocycles. The summed E-state index contributed by atoms with van der Waals surface area (Å²) in [5.74, 6) is -1.69. The van der Waals surface area contributed by atoms with Crippen LogP contribution in [0.1, 0.15) is 5.56 Å². The van der Waals surface area contributed by atoms with Gasteiger partial charge in [-0.3, -0.25) is 4.98 Å². The molecule has 0 saturated carbocycles. The van der Waals surface area contributed by atoms with Crippen molar-refractivity contribution >= 4 is 0 Å². The van der Waals surface area contributed by atoms with Gasteiger partial charge in [-0.2, -0.15) is 0 Å². The molecule has 1 aromatic carbocycles. The van der Waals surface area contributed by atoms with Crippen molar-refractivity contribution in [1.82, 2.24) is 4.98 Å². The third-order valence-electron chi connectivity index (χ3n) is 2.01. The first-order chi connectivity index (χ1) is 8.13. The molecule has 2 aromatic rings. The summed E-state index contributed by atoms with van der Waals surface area (Å²) in [5, 5.41) is 0. The van der Waals surface area contributed by atoms with Crippen LogP contribution in [0.25, 0.3) is 0 Å². The lowest BCUT2D eigenvalue weighted by atomic mass is 10.2. The maximum absolute atomic E-state index is 12.9. The van der Waals surface area contributed by atoms with Crippen LogP contribution in [0.15, 0.2) is 36.7 Å². The SMILES string of the molecule is Fc1cc(F)cc(COc2cncc(F)c2)c1. The van der Waals surface area contributed by atoms with Crippen LogP contribution in [0.5, 0.6) is 5.75 Å². The van der Waals surface area contributed by atoms with Crippen LogP contribution in [-0.4, -0.2) is 4.98 Å². The summed E-state index contributed by atoms with van der Waals surface area (Å²) in [4.78, 5) is 3.58. The monoisotopic (exact) mass is 239 g/mol. The minimum absolute atomic E-state index is 0.0557. The molecule has 2 rings (SSSR count). The normalized spacial score (nSPS) is 10.3. The Bertz CT molecular complexity index is 511. The van der Waals surface area contributed by atoms with E-state index in [4.69, 9.17) is 4.74 Å². The molecule has 17 heavy (non-hydrogen) atoms. The fourth-order valence-corrected chi connectivity index (χ4v) is 1.33. The van der Waals surface area contributed by atoms with Crippen LogP contribution in [0.3, 0.4) is 0 Å². The molecule has 1 aromatic heterocycles. The molecule has 0 aliphatic rings. The molecule has 0 spiro atoms. The van der Waals surface area contributed by atoms with E-state index < -0.39 is 17.5 Å². The molecule has 1 heterocycles. The van der Waals surface area contributed by atoms with E-state index in [2.05, 4.69) is 4.98 Å². The van der Waals surface area contributed by atoms with Crippen LogP contribution >= 0.6 is 0 Å². The van der Waals surface area contributed by atoms with Crippen molar-refractivity contribution < 1.29 is 17.9 Å². The highest BCUT2D eigenvalue weighted by Gasteiger charge is 2.02. The Kier molecular flexibility index (Phi) is 3.27. The van der Waals surface area contributed by atoms with Crippen molar-refractivity contribution in [1.29, 1.82) is 0 Å². The van der Waals surface area contributed by atoms with Gasteiger partial charge < -0.3 is 4.74 Å². The number of ether oxygens (including phenoxy) is 1. The van der Waals surface area contributed by atoms with E-state index in [1.165, 1.54) is 6.20 Å². The second kappa shape index (κ2) is 4.86. The Morgan fingerprint density at radius 2 is 1.59 bits per heavy atom. The molecule has 0 saturated heterocycles. The number of benzene rings is 1. The Morgan fingerprint density at radius 3 is 2.24 bits per heavy atom. The number of pyridine rings is 1. The van der Waals surface area contributed by atoms with E-state index in [9.17, 15) is 13.2 Å². The standard InChI is InChI=1S/C12H8F3NO/c13-9-1-8(2-10(14)3-9)7-17-12-4-11(15)5-16-6-12/h1-6H,7H2. The first-order valence-electron chi connectivity index (χ1n) is 4.82. The van der Waals surface area contributed by atoms with Crippen LogP contribution < -0.4 is 4.74 Å². The first-order valence-corrected chi connectivity index (χ1v) is 4.82. The van der Waals surface area contributed by atoms with Crippen molar-refractivity contribution in [2.24, 2.45) is 0 Å². The molecule has 88 valence electrons. The number of nitrogens with zero attached hydrogens (tertiary/aromatic N) is 1. The average molecular weight is 239 g/mol. The number of hydrogen-bond acceptors (Lipinski definition) is 2. The molecule has 0 radical (unpaired) electrons. The van der Waals surface area contributed by atoms with Crippen molar-refractivity contribution in [2.45, 2.75) is 6.61 Å². The van der Waals surface area contributed by atoms with Crippen LogP contribution in [0.4, 0.5) is 13.2 Å². The van der Waals surface area contributed by atoms with Gasteiger partial charge in [0.05, 0.1) is 12.4 Å². The summed E-state index contributed by atoms with van der Waals surface area (Å²) < 4.78 is 43.6. The average Bonchev–Trinajstić information content (AvgIpc) is 2.25. The van der Waals surface area contributed by atoms with E-state index in [1.54, 1.807) is 0 Å². The van der Waals surface area contributed by atoms with Gasteiger partial charge >= 0.3 is 0 Å². The molecule has 0 amide bonds. The zero-order valence-electron chi connectivity index (χ0n) is 8.66. The highest BCUT2D eigenvalue weighted by atomic mass is 19.1. The molecule has 0 atom stereocenters. The van der Waals surface area contributed by atoms with E-state index in [0.29, 0.717) is 5.56 Å². The quantitative estimate of drug-likeness (QED) is 0.821. The highest BCUT2D eigenvalue weighted by Crippen LogP contribution is 2.14. The molecule has 0 aliphatic carbocycles. The molecule has 5 heteroatoms. The fourth-order valence-electron chi connectivity index (χ4n) is 1.33. The lowest BCUT2D eigenvalue weighted by molar-refractivity contribution is 0.301. The maximum Gasteiger partial charge on any atom is 0.145 e. The molecule has 0 unspecified atom stereocenters. The van der Waals surface area contributed by atoms with E-state index in [0.717, 1.165) is 30.5 Å². The summed E-state index contributed by atoms with van der Waals surface area (Å²) in [7, 11) is 0. The number of rotatable bonds is 3. The Morgan fingerprint density at radius 1 is 0.882 bits per heavy atom. The van der Waals surface area contributed by atoms with E-state index in [1.807, 2.05) is 0 Å². The van der Waals surface area contributed by atoms with Gasteiger partial charge in [-0.1, -0.05) is 0 Å². The predicted octanol–water partition coefficient (Wildman–Crippen LogP) is 3.08. The Balaban J connectivity index is 2.07. The largest absolute Gasteiger partial charge is 0.487 e. The zero-order chi connectivity index (χ0) is 12.3. The Hall–Kier alpha value is -2.04. The molecule has 0 fully saturated rings. The second-order valence-electron chi connectivity index (χ2n) is 3.41. The van der Waals surface area contributed by atoms with Crippen molar-refractivity contribution in [2.75, 3.05) is 0 Å². The smallest absolute Gasteiger partial charge is 0.145 e. The van der Waals surface area contributed by atoms with Gasteiger partial charge in [0.15, 0.2) is 0 Å². The fraction of sp³-hybridized carbons (Fsp3) is 0.0833. The highest BCUT2D eigenvalue weighted by molar-refractivity contribution is 5.20. The topological polar surface area (TPSA) is 22.1 Å². The van der Waals surface area contributed by atoms with Gasteiger partial charge in [0.1, 0.15) is 29.8 Å². The van der Waals surface area contributed by atoms with Gasteiger partial charge in [0, 0.05) is 12.1 Å². The van der Waals surface area contributed by atoms with Crippen molar-refractivity contribution in [3.63, 3.8) is 0 Å². The van der Waals surface area contributed by atoms with Gasteiger partial charge in [-0.25, -0.2) is 13.2 Å². The third kappa shape index (κ3) is 3.21. The van der Waals surface area contributed by atoms with Crippen molar-refractivity contribution in [3.05, 3.63) is 59.7 Å². The maximum atomic E-state index is 12.9. The summed E-state index contributed by atoms with van der Waals surface area (Å²) in [5.41, 5.74) is 0.326. The molecular weight excluding hydrogens is 231 g/mol. The summed E-state index contributed by atoms with van der Waals surface area (Å²) in [6.45, 7) is -0.0557. The first kappa shape index (κ1) is 11.4. The van der Waals surface area contributed by atoms with Crippen LogP contribution in [0.2, 0.25) is 0 Å². The number of halogens is 3. The summed E-state index contributed by atoms with van der Waals surface area (Å²) in [6.07, 6.45) is 2.35. The van der Waals surface area contributed by atoms with Crippen LogP contribution in [0, 0.1) is 17.5 Å². The van der Waals surface area contributed by atoms with Crippen molar-refractivity contribution in [3.8, 4) is 5.75 Å². The minimum atomic E-state index is -0.680. The van der Waals surface area contributed by atoms with Crippen LogP contribution in [-0.2, 0) is 6.61 Å².